The molecule has 0 heterocycles. The molecule has 0 bridgehead atoms. The van der Waals surface area contributed by atoms with E-state index in [9.17, 15) is 4.79 Å². The first-order valence-corrected chi connectivity index (χ1v) is 5.12. The molecule has 14 heavy (non-hydrogen) atoms. The molecule has 1 unspecified atom stereocenters. The van der Waals surface area contributed by atoms with Gasteiger partial charge in [-0.1, -0.05) is 26.8 Å². The number of hydrogen-bond acceptors (Lipinski definition) is 2. The van der Waals surface area contributed by atoms with E-state index < -0.39 is 0 Å². The number of rotatable bonds is 6. The zero-order valence-electron chi connectivity index (χ0n) is 9.75. The van der Waals surface area contributed by atoms with Crippen LogP contribution in [0.1, 0.15) is 40.0 Å². The van der Waals surface area contributed by atoms with Crippen molar-refractivity contribution in [2.45, 2.75) is 46.1 Å². The Morgan fingerprint density at radius 3 is 2.43 bits per heavy atom. The monoisotopic (exact) mass is 198 g/mol. The molecule has 0 aliphatic rings. The Morgan fingerprint density at radius 1 is 1.36 bits per heavy atom. The summed E-state index contributed by atoms with van der Waals surface area (Å²) in [4.78, 5) is 10.1. The van der Waals surface area contributed by atoms with E-state index in [1.165, 1.54) is 6.08 Å². The van der Waals surface area contributed by atoms with Gasteiger partial charge in [0.2, 0.25) is 0 Å². The van der Waals surface area contributed by atoms with E-state index >= 15 is 0 Å². The zero-order chi connectivity index (χ0) is 11.0. The van der Waals surface area contributed by atoms with Crippen molar-refractivity contribution >= 4 is 6.29 Å². The third-order valence-electron chi connectivity index (χ3n) is 2.16. The van der Waals surface area contributed by atoms with Gasteiger partial charge in [-0.05, 0) is 30.8 Å². The Balaban J connectivity index is 3.79. The van der Waals surface area contributed by atoms with Crippen molar-refractivity contribution in [2.75, 3.05) is 7.11 Å². The van der Waals surface area contributed by atoms with Crippen LogP contribution in [0.15, 0.2) is 12.2 Å². The van der Waals surface area contributed by atoms with Crippen molar-refractivity contribution in [1.82, 2.24) is 0 Å². The van der Waals surface area contributed by atoms with Gasteiger partial charge in [-0.3, -0.25) is 4.79 Å². The number of allylic oxidation sites excluding steroid dienone is 1. The SMILES string of the molecule is COC(C/C=C/C=O)CCC(C)(C)C. The number of ether oxygens (including phenoxy) is 1. The summed E-state index contributed by atoms with van der Waals surface area (Å²) in [6.07, 6.45) is 7.45. The largest absolute Gasteiger partial charge is 0.381 e. The minimum absolute atomic E-state index is 0.241. The van der Waals surface area contributed by atoms with Crippen molar-refractivity contribution < 1.29 is 9.53 Å². The maximum Gasteiger partial charge on any atom is 0.142 e. The molecule has 0 aromatic carbocycles. The number of hydrogen-bond donors (Lipinski definition) is 0. The lowest BCUT2D eigenvalue weighted by molar-refractivity contribution is -0.104. The van der Waals surface area contributed by atoms with E-state index in [4.69, 9.17) is 4.74 Å². The fraction of sp³-hybridized carbons (Fsp3) is 0.750. The first-order valence-electron chi connectivity index (χ1n) is 5.12. The number of carbonyl (C=O) groups is 1. The van der Waals surface area contributed by atoms with Crippen LogP contribution in [0.4, 0.5) is 0 Å². The van der Waals surface area contributed by atoms with Crippen LogP contribution in [0.5, 0.6) is 0 Å². The molecule has 0 aromatic heterocycles. The fourth-order valence-corrected chi connectivity index (χ4v) is 1.21. The summed E-state index contributed by atoms with van der Waals surface area (Å²) in [5, 5.41) is 0. The molecule has 0 radical (unpaired) electrons. The van der Waals surface area contributed by atoms with Gasteiger partial charge in [0.05, 0.1) is 6.10 Å². The van der Waals surface area contributed by atoms with Crippen molar-refractivity contribution in [3.63, 3.8) is 0 Å². The Hall–Kier alpha value is -0.630. The predicted molar refractivity (Wildman–Crippen MR) is 59.3 cm³/mol. The summed E-state index contributed by atoms with van der Waals surface area (Å²) in [6.45, 7) is 6.67. The molecule has 0 amide bonds. The molecule has 2 nitrogen and oxygen atoms in total. The van der Waals surface area contributed by atoms with Crippen molar-refractivity contribution in [3.8, 4) is 0 Å². The van der Waals surface area contributed by atoms with Crippen LogP contribution < -0.4 is 0 Å². The van der Waals surface area contributed by atoms with Crippen LogP contribution in [-0.2, 0) is 9.53 Å². The molecule has 0 rings (SSSR count). The number of carbonyl (C=O) groups excluding carboxylic acids is 1. The second kappa shape index (κ2) is 6.77. The summed E-state index contributed by atoms with van der Waals surface area (Å²) in [5.74, 6) is 0. The maximum absolute atomic E-state index is 10.1. The molecule has 0 aliphatic heterocycles. The molecule has 0 aromatic rings. The lowest BCUT2D eigenvalue weighted by Crippen LogP contribution is -2.14. The van der Waals surface area contributed by atoms with Gasteiger partial charge in [0, 0.05) is 7.11 Å². The summed E-state index contributed by atoms with van der Waals surface area (Å²) in [7, 11) is 1.72. The first-order chi connectivity index (χ1) is 6.49. The average Bonchev–Trinajstić information content (AvgIpc) is 2.09. The van der Waals surface area contributed by atoms with Gasteiger partial charge in [-0.2, -0.15) is 0 Å². The van der Waals surface area contributed by atoms with E-state index in [0.29, 0.717) is 5.41 Å². The van der Waals surface area contributed by atoms with E-state index in [-0.39, 0.29) is 6.10 Å². The fourth-order valence-electron chi connectivity index (χ4n) is 1.21. The second-order valence-electron chi connectivity index (χ2n) is 4.76. The minimum atomic E-state index is 0.241. The maximum atomic E-state index is 10.1. The smallest absolute Gasteiger partial charge is 0.142 e. The highest BCUT2D eigenvalue weighted by molar-refractivity contribution is 5.64. The molecule has 0 N–H and O–H groups in total. The lowest BCUT2D eigenvalue weighted by atomic mass is 9.89. The Kier molecular flexibility index (Phi) is 6.46. The average molecular weight is 198 g/mol. The quantitative estimate of drug-likeness (QED) is 0.484. The third kappa shape index (κ3) is 7.99. The van der Waals surface area contributed by atoms with Gasteiger partial charge in [0.1, 0.15) is 6.29 Å². The first kappa shape index (κ1) is 13.4. The number of aldehydes is 1. The van der Waals surface area contributed by atoms with E-state index in [0.717, 1.165) is 25.5 Å². The lowest BCUT2D eigenvalue weighted by Gasteiger charge is -2.21. The van der Waals surface area contributed by atoms with Crippen LogP contribution in [0.25, 0.3) is 0 Å². The zero-order valence-corrected chi connectivity index (χ0v) is 9.75. The normalized spacial score (nSPS) is 14.6. The summed E-state index contributed by atoms with van der Waals surface area (Å²) in [5.41, 5.74) is 0.352. The van der Waals surface area contributed by atoms with Gasteiger partial charge in [0.15, 0.2) is 0 Å². The third-order valence-corrected chi connectivity index (χ3v) is 2.16. The van der Waals surface area contributed by atoms with Crippen molar-refractivity contribution in [3.05, 3.63) is 12.2 Å². The van der Waals surface area contributed by atoms with Crippen LogP contribution in [-0.4, -0.2) is 19.5 Å². The van der Waals surface area contributed by atoms with Crippen LogP contribution in [0.3, 0.4) is 0 Å². The molecule has 0 spiro atoms. The van der Waals surface area contributed by atoms with Gasteiger partial charge in [-0.15, -0.1) is 0 Å². The highest BCUT2D eigenvalue weighted by atomic mass is 16.5. The molecule has 0 saturated heterocycles. The Labute approximate surface area is 87.3 Å². The molecular weight excluding hydrogens is 176 g/mol. The summed E-state index contributed by atoms with van der Waals surface area (Å²) in [6, 6.07) is 0. The van der Waals surface area contributed by atoms with Gasteiger partial charge < -0.3 is 4.74 Å². The predicted octanol–water partition coefficient (Wildman–Crippen LogP) is 2.97. The molecule has 82 valence electrons. The van der Waals surface area contributed by atoms with E-state index in [1.807, 2.05) is 6.08 Å². The van der Waals surface area contributed by atoms with E-state index in [1.54, 1.807) is 7.11 Å². The van der Waals surface area contributed by atoms with Crippen LogP contribution in [0.2, 0.25) is 0 Å². The Bertz CT molecular complexity index is 177. The standard InChI is InChI=1S/C12H22O2/c1-12(2,3)9-8-11(14-4)7-5-6-10-13/h5-6,10-11H,7-9H2,1-4H3/b6-5+. The van der Waals surface area contributed by atoms with Crippen molar-refractivity contribution in [1.29, 1.82) is 0 Å². The molecule has 0 fully saturated rings. The summed E-state index contributed by atoms with van der Waals surface area (Å²) < 4.78 is 5.33. The molecule has 1 atom stereocenters. The van der Waals surface area contributed by atoms with Crippen LogP contribution >= 0.6 is 0 Å². The highest BCUT2D eigenvalue weighted by Gasteiger charge is 2.13. The molecule has 2 heteroatoms. The second-order valence-corrected chi connectivity index (χ2v) is 4.76. The number of methoxy groups -OCH3 is 1. The van der Waals surface area contributed by atoms with Gasteiger partial charge >= 0.3 is 0 Å². The van der Waals surface area contributed by atoms with Gasteiger partial charge in [0.25, 0.3) is 0 Å². The van der Waals surface area contributed by atoms with Crippen LogP contribution in [0, 0.1) is 5.41 Å². The topological polar surface area (TPSA) is 26.3 Å². The van der Waals surface area contributed by atoms with Crippen molar-refractivity contribution in [2.24, 2.45) is 5.41 Å². The van der Waals surface area contributed by atoms with E-state index in [2.05, 4.69) is 20.8 Å². The highest BCUT2D eigenvalue weighted by Crippen LogP contribution is 2.23. The molecule has 0 aliphatic carbocycles. The molecular formula is C12H22O2. The summed E-state index contributed by atoms with van der Waals surface area (Å²) >= 11 is 0. The van der Waals surface area contributed by atoms with Gasteiger partial charge in [-0.25, -0.2) is 0 Å². The Morgan fingerprint density at radius 2 is 2.00 bits per heavy atom. The minimum Gasteiger partial charge on any atom is -0.381 e. The molecule has 0 saturated carbocycles.